The Kier molecular flexibility index (Phi) is 7.82. The molecule has 0 radical (unpaired) electrons. The van der Waals surface area contributed by atoms with Crippen molar-refractivity contribution in [2.45, 2.75) is 57.9 Å². The van der Waals surface area contributed by atoms with Crippen LogP contribution in [0.1, 0.15) is 51.9 Å². The Morgan fingerprint density at radius 2 is 1.92 bits per heavy atom. The molecule has 0 aromatic heterocycles. The number of nitrogens with zero attached hydrogens (tertiary/aromatic N) is 2. The highest BCUT2D eigenvalue weighted by Gasteiger charge is 2.29. The van der Waals surface area contributed by atoms with Gasteiger partial charge in [0.2, 0.25) is 5.91 Å². The summed E-state index contributed by atoms with van der Waals surface area (Å²) in [6.45, 7) is 4.91. The first kappa shape index (κ1) is 19.0. The van der Waals surface area contributed by atoms with Crippen LogP contribution in [-0.2, 0) is 9.53 Å². The van der Waals surface area contributed by atoms with E-state index in [1.54, 1.807) is 11.8 Å². The summed E-state index contributed by atoms with van der Waals surface area (Å²) >= 11 is 0. The summed E-state index contributed by atoms with van der Waals surface area (Å²) in [6.07, 6.45) is 7.98. The second-order valence-corrected chi connectivity index (χ2v) is 7.05. The molecule has 1 aliphatic carbocycles. The lowest BCUT2D eigenvalue weighted by molar-refractivity contribution is -0.126. The average molecular weight is 339 g/mol. The maximum absolute atomic E-state index is 12.4. The lowest BCUT2D eigenvalue weighted by Gasteiger charge is -2.32. The Bertz CT molecular complexity index is 410. The van der Waals surface area contributed by atoms with Crippen molar-refractivity contribution in [3.8, 4) is 0 Å². The first-order valence-corrected chi connectivity index (χ1v) is 9.51. The van der Waals surface area contributed by atoms with Crippen molar-refractivity contribution < 1.29 is 14.3 Å². The van der Waals surface area contributed by atoms with Gasteiger partial charge < -0.3 is 19.9 Å². The van der Waals surface area contributed by atoms with Crippen LogP contribution in [0.2, 0.25) is 0 Å². The largest absolute Gasteiger partial charge is 0.450 e. The summed E-state index contributed by atoms with van der Waals surface area (Å²) < 4.78 is 5.04. The molecule has 24 heavy (non-hydrogen) atoms. The van der Waals surface area contributed by atoms with Crippen LogP contribution in [0.4, 0.5) is 4.79 Å². The Morgan fingerprint density at radius 1 is 1.17 bits per heavy atom. The Labute approximate surface area is 145 Å². The molecule has 1 atom stereocenters. The number of piperidine rings is 1. The lowest BCUT2D eigenvalue weighted by atomic mass is 9.94. The third-order valence-electron chi connectivity index (χ3n) is 5.28. The third-order valence-corrected chi connectivity index (χ3v) is 5.28. The molecule has 0 bridgehead atoms. The summed E-state index contributed by atoms with van der Waals surface area (Å²) in [5.41, 5.74) is 0. The maximum atomic E-state index is 12.4. The highest BCUT2D eigenvalue weighted by atomic mass is 16.6. The van der Waals surface area contributed by atoms with Gasteiger partial charge in [-0.05, 0) is 39.7 Å². The molecular formula is C18H33N3O3. The fraction of sp³-hybridized carbons (Fsp3) is 0.889. The average Bonchev–Trinajstić information content (AvgIpc) is 2.62. The fourth-order valence-corrected chi connectivity index (χ4v) is 3.78. The van der Waals surface area contributed by atoms with Gasteiger partial charge in [0.05, 0.1) is 12.5 Å². The van der Waals surface area contributed by atoms with Crippen molar-refractivity contribution >= 4 is 12.0 Å². The van der Waals surface area contributed by atoms with Gasteiger partial charge in [-0.3, -0.25) is 4.79 Å². The first-order valence-electron chi connectivity index (χ1n) is 9.51. The summed E-state index contributed by atoms with van der Waals surface area (Å²) in [5.74, 6) is -0.0378. The Hall–Kier alpha value is -1.30. The molecule has 1 N–H and O–H groups in total. The number of ether oxygens (including phenoxy) is 1. The van der Waals surface area contributed by atoms with Gasteiger partial charge in [0.15, 0.2) is 0 Å². The van der Waals surface area contributed by atoms with Crippen molar-refractivity contribution in [1.29, 1.82) is 0 Å². The monoisotopic (exact) mass is 339 g/mol. The van der Waals surface area contributed by atoms with E-state index in [2.05, 4.69) is 17.3 Å². The van der Waals surface area contributed by atoms with E-state index in [4.69, 9.17) is 4.74 Å². The molecule has 1 heterocycles. The molecule has 2 rings (SSSR count). The van der Waals surface area contributed by atoms with Crippen molar-refractivity contribution in [3.05, 3.63) is 0 Å². The van der Waals surface area contributed by atoms with E-state index in [-0.39, 0.29) is 17.9 Å². The molecule has 6 heteroatoms. The minimum atomic E-state index is -0.299. The summed E-state index contributed by atoms with van der Waals surface area (Å²) in [5, 5.41) is 3.05. The predicted octanol–water partition coefficient (Wildman–Crippen LogP) is 2.24. The molecule has 1 saturated heterocycles. The topological polar surface area (TPSA) is 61.9 Å². The van der Waals surface area contributed by atoms with Gasteiger partial charge in [0.25, 0.3) is 0 Å². The third kappa shape index (κ3) is 5.65. The van der Waals surface area contributed by atoms with E-state index in [1.165, 1.54) is 32.1 Å². The SMILES string of the molecule is CCOC(=O)N1CCCC(C(=O)NCCN(C)C2CCCCC2)C1. The zero-order valence-electron chi connectivity index (χ0n) is 15.3. The van der Waals surface area contributed by atoms with E-state index in [9.17, 15) is 9.59 Å². The molecule has 6 nitrogen and oxygen atoms in total. The minimum Gasteiger partial charge on any atom is -0.450 e. The van der Waals surface area contributed by atoms with E-state index in [1.807, 2.05) is 0 Å². The summed E-state index contributed by atoms with van der Waals surface area (Å²) in [4.78, 5) is 28.2. The Balaban J connectivity index is 1.68. The number of amides is 2. The minimum absolute atomic E-state index is 0.0704. The van der Waals surface area contributed by atoms with Gasteiger partial charge in [-0.15, -0.1) is 0 Å². The van der Waals surface area contributed by atoms with E-state index in [0.717, 1.165) is 19.4 Å². The van der Waals surface area contributed by atoms with Gasteiger partial charge in [-0.2, -0.15) is 0 Å². The number of rotatable bonds is 6. The van der Waals surface area contributed by atoms with Crippen LogP contribution in [0.5, 0.6) is 0 Å². The standard InChI is InChI=1S/C18H33N3O3/c1-3-24-18(23)21-12-7-8-15(14-21)17(22)19-11-13-20(2)16-9-5-4-6-10-16/h15-16H,3-14H2,1-2H3,(H,19,22). The van der Waals surface area contributed by atoms with Crippen LogP contribution in [0.3, 0.4) is 0 Å². The van der Waals surface area contributed by atoms with E-state index < -0.39 is 0 Å². The number of nitrogens with one attached hydrogen (secondary N) is 1. The van der Waals surface area contributed by atoms with Crippen molar-refractivity contribution in [1.82, 2.24) is 15.1 Å². The molecule has 0 aromatic carbocycles. The van der Waals surface area contributed by atoms with Gasteiger partial charge in [-0.25, -0.2) is 4.79 Å². The summed E-state index contributed by atoms with van der Waals surface area (Å²) in [7, 11) is 2.16. The summed E-state index contributed by atoms with van der Waals surface area (Å²) in [6, 6.07) is 0.671. The van der Waals surface area contributed by atoms with E-state index in [0.29, 0.717) is 32.3 Å². The van der Waals surface area contributed by atoms with Crippen LogP contribution < -0.4 is 5.32 Å². The normalized spacial score (nSPS) is 22.5. The van der Waals surface area contributed by atoms with Crippen LogP contribution in [0, 0.1) is 5.92 Å². The van der Waals surface area contributed by atoms with Crippen LogP contribution in [0.25, 0.3) is 0 Å². The molecule has 2 fully saturated rings. The van der Waals surface area contributed by atoms with Crippen LogP contribution in [0.15, 0.2) is 0 Å². The highest BCUT2D eigenvalue weighted by molar-refractivity contribution is 5.80. The predicted molar refractivity (Wildman–Crippen MR) is 93.8 cm³/mol. The number of carbonyl (C=O) groups is 2. The van der Waals surface area contributed by atoms with Gasteiger partial charge in [0, 0.05) is 32.2 Å². The molecule has 0 aromatic rings. The van der Waals surface area contributed by atoms with Gasteiger partial charge in [0.1, 0.15) is 0 Å². The molecule has 2 amide bonds. The first-order chi connectivity index (χ1) is 11.6. The second kappa shape index (κ2) is 9.87. The molecule has 1 unspecified atom stereocenters. The van der Waals surface area contributed by atoms with Crippen molar-refractivity contribution in [2.75, 3.05) is 39.8 Å². The van der Waals surface area contributed by atoms with Gasteiger partial charge in [-0.1, -0.05) is 19.3 Å². The van der Waals surface area contributed by atoms with E-state index >= 15 is 0 Å². The lowest BCUT2D eigenvalue weighted by Crippen LogP contribution is -2.47. The Morgan fingerprint density at radius 3 is 2.62 bits per heavy atom. The molecular weight excluding hydrogens is 306 g/mol. The molecule has 2 aliphatic rings. The quantitative estimate of drug-likeness (QED) is 0.806. The number of hydrogen-bond donors (Lipinski definition) is 1. The van der Waals surface area contributed by atoms with Gasteiger partial charge >= 0.3 is 6.09 Å². The number of carbonyl (C=O) groups excluding carboxylic acids is 2. The number of likely N-dealkylation sites (tertiary alicyclic amines) is 1. The molecule has 0 spiro atoms. The van der Waals surface area contributed by atoms with Crippen LogP contribution in [-0.4, -0.2) is 67.7 Å². The number of likely N-dealkylation sites (N-methyl/N-ethyl adjacent to an activating group) is 1. The smallest absolute Gasteiger partial charge is 0.409 e. The number of hydrogen-bond acceptors (Lipinski definition) is 4. The van der Waals surface area contributed by atoms with Crippen molar-refractivity contribution in [2.24, 2.45) is 5.92 Å². The molecule has 1 aliphatic heterocycles. The zero-order chi connectivity index (χ0) is 17.4. The van der Waals surface area contributed by atoms with Crippen molar-refractivity contribution in [3.63, 3.8) is 0 Å². The molecule has 138 valence electrons. The van der Waals surface area contributed by atoms with Crippen LogP contribution >= 0.6 is 0 Å². The highest BCUT2D eigenvalue weighted by Crippen LogP contribution is 2.21. The fourth-order valence-electron chi connectivity index (χ4n) is 3.78. The maximum Gasteiger partial charge on any atom is 0.409 e. The zero-order valence-corrected chi connectivity index (χ0v) is 15.3. The second-order valence-electron chi connectivity index (χ2n) is 7.05. The molecule has 1 saturated carbocycles.